The molecule has 14 heteroatoms. The van der Waals surface area contributed by atoms with Crippen LogP contribution >= 0.6 is 11.3 Å². The second-order valence-electron chi connectivity index (χ2n) is 18.0. The molecule has 4 atom stereocenters. The van der Waals surface area contributed by atoms with Crippen LogP contribution in [-0.2, 0) is 14.4 Å². The minimum atomic E-state index is -0.839. The number of hydrazine groups is 1. The number of rotatable bonds is 19. The molecule has 13 nitrogen and oxygen atoms in total. The molecule has 1 aromatic heterocycles. The third-order valence-corrected chi connectivity index (χ3v) is 12.5. The molecule has 2 fully saturated rings. The molecule has 0 bridgehead atoms. The Morgan fingerprint density at radius 3 is 2.18 bits per heavy atom. The smallest absolute Gasteiger partial charge is 0.265 e. The number of likely N-dealkylation sites (tertiary alicyclic amines) is 1. The predicted molar refractivity (Wildman–Crippen MR) is 239 cm³/mol. The van der Waals surface area contributed by atoms with Crippen molar-refractivity contribution in [2.75, 3.05) is 50.7 Å². The van der Waals surface area contributed by atoms with Crippen LogP contribution in [0.3, 0.4) is 0 Å². The zero-order chi connectivity index (χ0) is 43.4. The second-order valence-corrected chi connectivity index (χ2v) is 18.9. The third-order valence-electron chi connectivity index (χ3n) is 11.5. The van der Waals surface area contributed by atoms with Gasteiger partial charge in [-0.3, -0.25) is 29.5 Å². The number of hydrogen-bond donors (Lipinski definition) is 5. The van der Waals surface area contributed by atoms with E-state index in [1.807, 2.05) is 88.7 Å². The number of β-amino-alcohol motifs (C(OH)–C–C–N with tert-alkyl or cyclic N) is 1. The van der Waals surface area contributed by atoms with Crippen LogP contribution in [0.15, 0.2) is 54.0 Å². The van der Waals surface area contributed by atoms with Gasteiger partial charge in [-0.25, -0.2) is 10.4 Å². The summed E-state index contributed by atoms with van der Waals surface area (Å²) in [5, 5.41) is 16.7. The molecule has 3 heterocycles. The van der Waals surface area contributed by atoms with Crippen molar-refractivity contribution in [3.63, 3.8) is 0 Å². The van der Waals surface area contributed by atoms with Gasteiger partial charge in [0.25, 0.3) is 5.91 Å². The standard InChI is InChI=1S/C46H68N8O5S/c1-31(2)28-48-51-43(57)36-18-20-37(21-19-36)53-25-23-52(24-26-53)22-12-10-8-9-11-13-40(56)50-42(46(5,6)7)45(59)54-29-38(55)27-39(54)44(58)49-32(3)34-14-16-35(17-15-34)41-33(4)47-30-60-41/h14-21,30-32,38-39,42,48,55H,8-13,22-29H2,1-7H3,(H,49,58)(H,50,56)(H,51,57)/t32-,38+,39-,42+/m0/s1. The van der Waals surface area contributed by atoms with E-state index in [1.165, 1.54) is 4.90 Å². The number of unbranched alkanes of at least 4 members (excludes halogenated alkanes) is 4. The number of aliphatic hydroxyl groups is 1. The lowest BCUT2D eigenvalue weighted by Crippen LogP contribution is -2.57. The Morgan fingerprint density at radius 2 is 1.55 bits per heavy atom. The molecule has 2 aromatic carbocycles. The van der Waals surface area contributed by atoms with Crippen LogP contribution in [-0.4, -0.2) is 108 Å². The molecule has 328 valence electrons. The van der Waals surface area contributed by atoms with Crippen LogP contribution in [0.4, 0.5) is 5.69 Å². The maximum Gasteiger partial charge on any atom is 0.265 e. The molecular weight excluding hydrogens is 777 g/mol. The summed E-state index contributed by atoms with van der Waals surface area (Å²) in [4.78, 5) is 65.0. The number of aromatic nitrogens is 1. The highest BCUT2D eigenvalue weighted by Crippen LogP contribution is 2.30. The Bertz CT molecular complexity index is 1850. The summed E-state index contributed by atoms with van der Waals surface area (Å²) in [5.74, 6) is -0.522. The van der Waals surface area contributed by atoms with Gasteiger partial charge in [0.05, 0.1) is 28.2 Å². The number of benzene rings is 2. The number of nitrogens with one attached hydrogen (secondary N) is 4. The largest absolute Gasteiger partial charge is 0.391 e. The first kappa shape index (κ1) is 46.7. The van der Waals surface area contributed by atoms with Gasteiger partial charge in [-0.15, -0.1) is 11.3 Å². The first-order valence-corrected chi connectivity index (χ1v) is 22.7. The number of aryl methyl sites for hydroxylation is 1. The molecular formula is C46H68N8O5S. The Kier molecular flexibility index (Phi) is 17.1. The van der Waals surface area contributed by atoms with Crippen LogP contribution in [0.25, 0.3) is 10.4 Å². The van der Waals surface area contributed by atoms with Crippen LogP contribution < -0.4 is 26.4 Å². The van der Waals surface area contributed by atoms with E-state index in [4.69, 9.17) is 0 Å². The molecule has 0 unspecified atom stereocenters. The van der Waals surface area contributed by atoms with Crippen molar-refractivity contribution >= 4 is 40.7 Å². The first-order valence-electron chi connectivity index (χ1n) is 21.8. The summed E-state index contributed by atoms with van der Waals surface area (Å²) in [6.07, 6.45) is 4.55. The molecule has 0 aliphatic carbocycles. The normalized spacial score (nSPS) is 18.4. The fourth-order valence-electron chi connectivity index (χ4n) is 7.86. The SMILES string of the molecule is Cc1ncsc1-c1ccc([C@H](C)NC(=O)[C@@H]2C[C@@H](O)CN2C(=O)[C@@H](NC(=O)CCCCCCCN2CCN(c3ccc(C(=O)NNCC(C)C)cc3)CC2)C(C)(C)C)cc1. The molecule has 0 radical (unpaired) electrons. The average molecular weight is 845 g/mol. The summed E-state index contributed by atoms with van der Waals surface area (Å²) in [5.41, 5.74) is 11.7. The Morgan fingerprint density at radius 1 is 0.883 bits per heavy atom. The Hall–Kier alpha value is -4.37. The molecule has 5 rings (SSSR count). The van der Waals surface area contributed by atoms with Crippen LogP contribution in [0.1, 0.15) is 114 Å². The topological polar surface area (TPSA) is 159 Å². The summed E-state index contributed by atoms with van der Waals surface area (Å²) < 4.78 is 0. The van der Waals surface area contributed by atoms with E-state index in [1.54, 1.807) is 11.3 Å². The van der Waals surface area contributed by atoms with Crippen molar-refractivity contribution in [3.8, 4) is 10.4 Å². The van der Waals surface area contributed by atoms with Crippen LogP contribution in [0.5, 0.6) is 0 Å². The van der Waals surface area contributed by atoms with E-state index >= 15 is 0 Å². The van der Waals surface area contributed by atoms with Gasteiger partial charge in [-0.1, -0.05) is 78.1 Å². The first-order chi connectivity index (χ1) is 28.6. The summed E-state index contributed by atoms with van der Waals surface area (Å²) in [6.45, 7) is 19.5. The predicted octanol–water partition coefficient (Wildman–Crippen LogP) is 5.84. The van der Waals surface area contributed by atoms with E-state index < -0.39 is 23.6 Å². The van der Waals surface area contributed by atoms with Gasteiger partial charge in [0.1, 0.15) is 12.1 Å². The fraction of sp³-hybridized carbons (Fsp3) is 0.587. The van der Waals surface area contributed by atoms with Gasteiger partial charge in [0, 0.05) is 63.4 Å². The van der Waals surface area contributed by atoms with Crippen molar-refractivity contribution in [3.05, 3.63) is 70.9 Å². The summed E-state index contributed by atoms with van der Waals surface area (Å²) in [7, 11) is 0. The molecule has 2 aliphatic rings. The van der Waals surface area contributed by atoms with Gasteiger partial charge in [-0.05, 0) is 80.0 Å². The van der Waals surface area contributed by atoms with Crippen molar-refractivity contribution in [1.29, 1.82) is 0 Å². The monoisotopic (exact) mass is 845 g/mol. The number of anilines is 1. The number of piperazine rings is 1. The van der Waals surface area contributed by atoms with E-state index in [-0.39, 0.29) is 42.6 Å². The Balaban J connectivity index is 0.992. The molecule has 4 amide bonds. The highest BCUT2D eigenvalue weighted by Gasteiger charge is 2.44. The van der Waals surface area contributed by atoms with Gasteiger partial charge >= 0.3 is 0 Å². The number of carbonyl (C=O) groups excluding carboxylic acids is 4. The van der Waals surface area contributed by atoms with E-state index in [0.29, 0.717) is 17.9 Å². The van der Waals surface area contributed by atoms with Crippen molar-refractivity contribution in [2.45, 2.75) is 118 Å². The zero-order valence-corrected chi connectivity index (χ0v) is 37.6. The van der Waals surface area contributed by atoms with Crippen LogP contribution in [0.2, 0.25) is 0 Å². The molecule has 0 saturated carbocycles. The number of thiazole rings is 1. The number of nitrogens with zero attached hydrogens (tertiary/aromatic N) is 4. The summed E-state index contributed by atoms with van der Waals surface area (Å²) >= 11 is 1.59. The van der Waals surface area contributed by atoms with Crippen LogP contribution in [0, 0.1) is 18.3 Å². The lowest BCUT2D eigenvalue weighted by molar-refractivity contribution is -0.144. The zero-order valence-electron chi connectivity index (χ0n) is 36.8. The minimum absolute atomic E-state index is 0.0402. The molecule has 0 spiro atoms. The maximum absolute atomic E-state index is 14.1. The highest BCUT2D eigenvalue weighted by molar-refractivity contribution is 7.13. The molecule has 2 aliphatic heterocycles. The maximum atomic E-state index is 14.1. The molecule has 3 aromatic rings. The fourth-order valence-corrected chi connectivity index (χ4v) is 8.67. The number of carbonyl (C=O) groups is 4. The van der Waals surface area contributed by atoms with Gasteiger partial charge < -0.3 is 25.5 Å². The van der Waals surface area contributed by atoms with E-state index in [0.717, 1.165) is 98.8 Å². The number of aliphatic hydroxyl groups excluding tert-OH is 1. The minimum Gasteiger partial charge on any atom is -0.391 e. The van der Waals surface area contributed by atoms with Gasteiger partial charge in [-0.2, -0.15) is 0 Å². The molecule has 5 N–H and O–H groups in total. The van der Waals surface area contributed by atoms with E-state index in [2.05, 4.69) is 50.1 Å². The molecule has 2 saturated heterocycles. The molecule has 60 heavy (non-hydrogen) atoms. The average Bonchev–Trinajstić information content (AvgIpc) is 3.84. The number of amides is 4. The van der Waals surface area contributed by atoms with Gasteiger partial charge in [0.15, 0.2) is 0 Å². The van der Waals surface area contributed by atoms with Crippen molar-refractivity contribution in [2.24, 2.45) is 11.3 Å². The summed E-state index contributed by atoms with van der Waals surface area (Å²) in [6, 6.07) is 13.8. The lowest BCUT2D eigenvalue weighted by atomic mass is 9.85. The Labute approximate surface area is 361 Å². The van der Waals surface area contributed by atoms with E-state index in [9.17, 15) is 24.3 Å². The highest BCUT2D eigenvalue weighted by atomic mass is 32.1. The third kappa shape index (κ3) is 13.3. The number of hydrogen-bond acceptors (Lipinski definition) is 10. The lowest BCUT2D eigenvalue weighted by Gasteiger charge is -2.36. The van der Waals surface area contributed by atoms with Crippen molar-refractivity contribution < 1.29 is 24.3 Å². The quantitative estimate of drug-likeness (QED) is 0.0739. The second kappa shape index (κ2) is 21.9. The van der Waals surface area contributed by atoms with Gasteiger partial charge in [0.2, 0.25) is 17.7 Å². The van der Waals surface area contributed by atoms with Crippen molar-refractivity contribution in [1.82, 2.24) is 36.3 Å².